The van der Waals surface area contributed by atoms with E-state index in [1.165, 1.54) is 0 Å². The molecule has 0 aliphatic rings. The Morgan fingerprint density at radius 1 is 1.24 bits per heavy atom. The molecule has 0 spiro atoms. The number of alkyl carbamates (subject to hydrolysis) is 1. The minimum absolute atomic E-state index is 0.0378. The third kappa shape index (κ3) is 5.13. The fourth-order valence-electron chi connectivity index (χ4n) is 1.59. The van der Waals surface area contributed by atoms with E-state index in [4.69, 9.17) is 14.3 Å². The minimum atomic E-state index is -1.16. The summed E-state index contributed by atoms with van der Waals surface area (Å²) in [7, 11) is 0. The van der Waals surface area contributed by atoms with Crippen molar-refractivity contribution in [3.05, 3.63) is 23.2 Å². The Hall–Kier alpha value is -1.98. The van der Waals surface area contributed by atoms with Crippen LogP contribution in [0.15, 0.2) is 10.5 Å². The van der Waals surface area contributed by atoms with Gasteiger partial charge < -0.3 is 19.6 Å². The lowest BCUT2D eigenvalue weighted by atomic mass is 9.93. The molecule has 6 heteroatoms. The number of rotatable bonds is 3. The first kappa shape index (κ1) is 17.1. The number of furan rings is 1. The van der Waals surface area contributed by atoms with E-state index >= 15 is 0 Å². The van der Waals surface area contributed by atoms with Gasteiger partial charge in [-0.1, -0.05) is 20.8 Å². The molecule has 1 amide bonds. The first-order chi connectivity index (χ1) is 9.40. The number of carboxylic acid groups (broad SMARTS) is 1. The molecule has 0 aliphatic carbocycles. The van der Waals surface area contributed by atoms with Crippen LogP contribution in [0.25, 0.3) is 0 Å². The van der Waals surface area contributed by atoms with Crippen LogP contribution < -0.4 is 5.32 Å². The topological polar surface area (TPSA) is 88.8 Å². The average Bonchev–Trinajstić information content (AvgIpc) is 2.67. The number of nitrogens with one attached hydrogen (secondary N) is 1. The van der Waals surface area contributed by atoms with Gasteiger partial charge in [-0.2, -0.15) is 0 Å². The molecule has 0 aliphatic heterocycles. The zero-order valence-electron chi connectivity index (χ0n) is 13.4. The molecular weight excluding hydrogens is 274 g/mol. The molecular formula is C15H23NO5. The van der Waals surface area contributed by atoms with Crippen molar-refractivity contribution in [1.29, 1.82) is 0 Å². The van der Waals surface area contributed by atoms with Crippen LogP contribution in [-0.4, -0.2) is 22.8 Å². The van der Waals surface area contributed by atoms with E-state index in [9.17, 15) is 9.59 Å². The molecule has 1 aromatic rings. The Balaban J connectivity index is 2.86. The number of carbonyl (C=O) groups excluding carboxylic acids is 1. The van der Waals surface area contributed by atoms with E-state index in [-0.39, 0.29) is 17.7 Å². The van der Waals surface area contributed by atoms with Gasteiger partial charge in [-0.05, 0) is 26.8 Å². The van der Waals surface area contributed by atoms with Gasteiger partial charge in [0.15, 0.2) is 0 Å². The normalized spacial score (nSPS) is 12.1. The second-order valence-corrected chi connectivity index (χ2v) is 6.88. The molecule has 0 saturated carbocycles. The van der Waals surface area contributed by atoms with Gasteiger partial charge in [0.2, 0.25) is 5.76 Å². The zero-order chi connectivity index (χ0) is 16.4. The van der Waals surface area contributed by atoms with E-state index in [0.717, 1.165) is 0 Å². The average molecular weight is 297 g/mol. The standard InChI is InChI=1S/C15H23NO5/c1-14(2,3)10-7-9(11(20-10)12(17)18)8-16-13(19)21-15(4,5)6/h7H,8H2,1-6H3,(H,16,19)(H,17,18). The van der Waals surface area contributed by atoms with Crippen LogP contribution in [0.3, 0.4) is 0 Å². The van der Waals surface area contributed by atoms with Crippen molar-refractivity contribution in [2.24, 2.45) is 0 Å². The predicted octanol–water partition coefficient (Wildman–Crippen LogP) is 3.30. The molecule has 0 saturated heterocycles. The van der Waals surface area contributed by atoms with Gasteiger partial charge in [0.25, 0.3) is 0 Å². The molecule has 6 nitrogen and oxygen atoms in total. The van der Waals surface area contributed by atoms with Crippen molar-refractivity contribution >= 4 is 12.1 Å². The molecule has 0 aromatic carbocycles. The fraction of sp³-hybridized carbons (Fsp3) is 0.600. The summed E-state index contributed by atoms with van der Waals surface area (Å²) in [4.78, 5) is 22.8. The molecule has 2 N–H and O–H groups in total. The Morgan fingerprint density at radius 2 is 1.81 bits per heavy atom. The van der Waals surface area contributed by atoms with Gasteiger partial charge in [0.1, 0.15) is 11.4 Å². The van der Waals surface area contributed by atoms with Crippen molar-refractivity contribution in [2.45, 2.75) is 59.1 Å². The molecule has 0 bridgehead atoms. The zero-order valence-corrected chi connectivity index (χ0v) is 13.4. The molecule has 0 radical (unpaired) electrons. The molecule has 1 aromatic heterocycles. The summed E-state index contributed by atoms with van der Waals surface area (Å²) in [5, 5.41) is 11.7. The fourth-order valence-corrected chi connectivity index (χ4v) is 1.59. The quantitative estimate of drug-likeness (QED) is 0.893. The highest BCUT2D eigenvalue weighted by molar-refractivity contribution is 5.86. The highest BCUT2D eigenvalue weighted by Crippen LogP contribution is 2.27. The largest absolute Gasteiger partial charge is 0.475 e. The first-order valence-corrected chi connectivity index (χ1v) is 6.73. The summed E-state index contributed by atoms with van der Waals surface area (Å²) in [5.74, 6) is -0.761. The lowest BCUT2D eigenvalue weighted by molar-refractivity contribution is 0.0519. The molecule has 0 unspecified atom stereocenters. The smallest absolute Gasteiger partial charge is 0.407 e. The lowest BCUT2D eigenvalue weighted by Gasteiger charge is -2.19. The number of hydrogen-bond donors (Lipinski definition) is 2. The number of carbonyl (C=O) groups is 2. The van der Waals surface area contributed by atoms with Crippen LogP contribution in [-0.2, 0) is 16.7 Å². The lowest BCUT2D eigenvalue weighted by Crippen LogP contribution is -2.32. The van der Waals surface area contributed by atoms with Crippen LogP contribution in [0.5, 0.6) is 0 Å². The van der Waals surface area contributed by atoms with Crippen molar-refractivity contribution in [1.82, 2.24) is 5.32 Å². The monoisotopic (exact) mass is 297 g/mol. The van der Waals surface area contributed by atoms with Gasteiger partial charge in [-0.3, -0.25) is 0 Å². The van der Waals surface area contributed by atoms with Crippen molar-refractivity contribution in [2.75, 3.05) is 0 Å². The maximum Gasteiger partial charge on any atom is 0.407 e. The maximum atomic E-state index is 11.6. The summed E-state index contributed by atoms with van der Waals surface area (Å²) in [5.41, 5.74) is -0.501. The number of aromatic carboxylic acids is 1. The summed E-state index contributed by atoms with van der Waals surface area (Å²) in [6.07, 6.45) is -0.600. The summed E-state index contributed by atoms with van der Waals surface area (Å²) < 4.78 is 10.5. The maximum absolute atomic E-state index is 11.6. The highest BCUT2D eigenvalue weighted by Gasteiger charge is 2.25. The molecule has 0 fully saturated rings. The van der Waals surface area contributed by atoms with Crippen LogP contribution in [0.1, 0.15) is 63.4 Å². The van der Waals surface area contributed by atoms with E-state index in [0.29, 0.717) is 11.3 Å². The number of amides is 1. The molecule has 1 heterocycles. The van der Waals surface area contributed by atoms with Crippen LogP contribution >= 0.6 is 0 Å². The molecule has 0 atom stereocenters. The second-order valence-electron chi connectivity index (χ2n) is 6.88. The molecule has 1 rings (SSSR count). The minimum Gasteiger partial charge on any atom is -0.475 e. The van der Waals surface area contributed by atoms with E-state index < -0.39 is 17.7 Å². The van der Waals surface area contributed by atoms with Gasteiger partial charge in [-0.25, -0.2) is 9.59 Å². The van der Waals surface area contributed by atoms with Crippen LogP contribution in [0.4, 0.5) is 4.79 Å². The van der Waals surface area contributed by atoms with Crippen molar-refractivity contribution < 1.29 is 23.8 Å². The predicted molar refractivity (Wildman–Crippen MR) is 77.4 cm³/mol. The van der Waals surface area contributed by atoms with Gasteiger partial charge in [-0.15, -0.1) is 0 Å². The Labute approximate surface area is 124 Å². The highest BCUT2D eigenvalue weighted by atomic mass is 16.6. The Kier molecular flexibility index (Phi) is 4.71. The molecule has 21 heavy (non-hydrogen) atoms. The van der Waals surface area contributed by atoms with Crippen molar-refractivity contribution in [3.8, 4) is 0 Å². The SMILES string of the molecule is CC(C)(C)OC(=O)NCc1cc(C(C)(C)C)oc1C(=O)O. The third-order valence-corrected chi connectivity index (χ3v) is 2.56. The van der Waals surface area contributed by atoms with Crippen LogP contribution in [0, 0.1) is 0 Å². The van der Waals surface area contributed by atoms with E-state index in [2.05, 4.69) is 5.32 Å². The summed E-state index contributed by atoms with van der Waals surface area (Å²) in [6, 6.07) is 1.65. The molecule has 118 valence electrons. The van der Waals surface area contributed by atoms with Gasteiger partial charge >= 0.3 is 12.1 Å². The summed E-state index contributed by atoms with van der Waals surface area (Å²) in [6.45, 7) is 11.1. The Bertz CT molecular complexity index is 531. The second kappa shape index (κ2) is 5.79. The summed E-state index contributed by atoms with van der Waals surface area (Å²) >= 11 is 0. The van der Waals surface area contributed by atoms with E-state index in [1.54, 1.807) is 26.8 Å². The van der Waals surface area contributed by atoms with E-state index in [1.807, 2.05) is 20.8 Å². The van der Waals surface area contributed by atoms with Gasteiger partial charge in [0.05, 0.1) is 6.54 Å². The van der Waals surface area contributed by atoms with Crippen LogP contribution in [0.2, 0.25) is 0 Å². The third-order valence-electron chi connectivity index (χ3n) is 2.56. The number of ether oxygens (including phenoxy) is 1. The number of hydrogen-bond acceptors (Lipinski definition) is 4. The van der Waals surface area contributed by atoms with Crippen molar-refractivity contribution in [3.63, 3.8) is 0 Å². The first-order valence-electron chi connectivity index (χ1n) is 6.73. The Morgan fingerprint density at radius 3 is 2.24 bits per heavy atom. The number of carboxylic acids is 1. The van der Waals surface area contributed by atoms with Gasteiger partial charge in [0, 0.05) is 11.0 Å².